The van der Waals surface area contributed by atoms with Crippen LogP contribution in [0.2, 0.25) is 0 Å². The van der Waals surface area contributed by atoms with Gasteiger partial charge < -0.3 is 19.6 Å². The van der Waals surface area contributed by atoms with Crippen molar-refractivity contribution < 1.29 is 4.39 Å². The van der Waals surface area contributed by atoms with Gasteiger partial charge in [-0.3, -0.25) is 0 Å². The minimum Gasteiger partial charge on any atom is -0.369 e. The number of hydrogen-bond acceptors (Lipinski definition) is 6. The van der Waals surface area contributed by atoms with Crippen molar-refractivity contribution in [2.24, 2.45) is 4.99 Å². The molecule has 0 bridgehead atoms. The number of nitrogens with zero attached hydrogens (tertiary/aromatic N) is 6. The molecule has 1 atom stereocenters. The van der Waals surface area contributed by atoms with Gasteiger partial charge in [0.2, 0.25) is 0 Å². The van der Waals surface area contributed by atoms with Crippen LogP contribution in [0.1, 0.15) is 11.3 Å². The summed E-state index contributed by atoms with van der Waals surface area (Å²) in [7, 11) is 5.97. The highest BCUT2D eigenvalue weighted by Gasteiger charge is 2.40. The molecule has 128 valence electrons. The number of aryl methyl sites for hydroxylation is 1. The van der Waals surface area contributed by atoms with Gasteiger partial charge in [-0.25, -0.2) is 14.4 Å². The Morgan fingerprint density at radius 1 is 1.17 bits per heavy atom. The molecule has 1 fully saturated rings. The number of hydrogen-bond donors (Lipinski definition) is 0. The maximum Gasteiger partial charge on any atom is 0.168 e. The van der Waals surface area contributed by atoms with Gasteiger partial charge in [0.15, 0.2) is 5.82 Å². The summed E-state index contributed by atoms with van der Waals surface area (Å²) < 4.78 is 15.0. The number of aliphatic imine (C=N–C) groups is 1. The third-order valence-electron chi connectivity index (χ3n) is 5.25. The van der Waals surface area contributed by atoms with Gasteiger partial charge in [-0.05, 0) is 14.0 Å². The number of aromatic nitrogens is 1. The van der Waals surface area contributed by atoms with Gasteiger partial charge in [0, 0.05) is 40.3 Å². The zero-order valence-electron chi connectivity index (χ0n) is 14.7. The summed E-state index contributed by atoms with van der Waals surface area (Å²) in [5.41, 5.74) is 1.81. The molecule has 1 aromatic rings. The van der Waals surface area contributed by atoms with Crippen LogP contribution in [0.3, 0.4) is 0 Å². The number of piperazine rings is 1. The predicted molar refractivity (Wildman–Crippen MR) is 94.3 cm³/mol. The largest absolute Gasteiger partial charge is 0.369 e. The Balaban J connectivity index is 1.98. The molecular weight excluding hydrogens is 307 g/mol. The fraction of sp³-hybridized carbons (Fsp3) is 0.529. The number of pyridine rings is 1. The van der Waals surface area contributed by atoms with Crippen molar-refractivity contribution in [3.8, 4) is 0 Å². The van der Waals surface area contributed by atoms with Gasteiger partial charge in [0.1, 0.15) is 17.5 Å². The topological polar surface area (TPSA) is 38.2 Å². The number of likely N-dealkylation sites (N-methyl/N-ethyl adjacent to an activating group) is 2. The van der Waals surface area contributed by atoms with Crippen molar-refractivity contribution in [2.45, 2.75) is 13.0 Å². The summed E-state index contributed by atoms with van der Waals surface area (Å²) in [5.74, 6) is 1.95. The van der Waals surface area contributed by atoms with E-state index in [-0.39, 0.29) is 11.9 Å². The Labute approximate surface area is 141 Å². The lowest BCUT2D eigenvalue weighted by atomic mass is 10.1. The third kappa shape index (κ3) is 2.04. The van der Waals surface area contributed by atoms with Crippen LogP contribution in [0.5, 0.6) is 0 Å². The first-order chi connectivity index (χ1) is 11.4. The van der Waals surface area contributed by atoms with Gasteiger partial charge in [0.05, 0.1) is 23.0 Å². The van der Waals surface area contributed by atoms with E-state index < -0.39 is 0 Å². The lowest BCUT2D eigenvalue weighted by molar-refractivity contribution is 0.156. The monoisotopic (exact) mass is 330 g/mol. The smallest absolute Gasteiger partial charge is 0.168 e. The fourth-order valence-electron chi connectivity index (χ4n) is 3.89. The minimum absolute atomic E-state index is 0.252. The lowest BCUT2D eigenvalue weighted by Crippen LogP contribution is -2.56. The molecule has 1 unspecified atom stereocenters. The molecule has 0 saturated carbocycles. The molecule has 3 aliphatic heterocycles. The molecule has 0 radical (unpaired) electrons. The fourth-order valence-corrected chi connectivity index (χ4v) is 3.89. The SMILES string of the molecule is C=C1N=C2c3c(nc(C)c(F)c3N(C)CC3CN(C)CCN23)N1C. The van der Waals surface area contributed by atoms with Crippen LogP contribution in [0.4, 0.5) is 15.9 Å². The van der Waals surface area contributed by atoms with Crippen molar-refractivity contribution in [2.75, 3.05) is 57.1 Å². The standard InChI is InChI=1S/C17H23FN6/c1-10-14(18)15-13-16(19-10)23(5)11(2)20-17(13)24-7-6-21(3)8-12(24)9-22(15)4/h12H,2,6-9H2,1,3-5H3. The Morgan fingerprint density at radius 2 is 1.92 bits per heavy atom. The molecular formula is C17H23FN6. The maximum atomic E-state index is 15.0. The number of amidine groups is 1. The van der Waals surface area contributed by atoms with Crippen LogP contribution < -0.4 is 9.80 Å². The van der Waals surface area contributed by atoms with E-state index in [1.165, 1.54) is 0 Å². The molecule has 6 nitrogen and oxygen atoms in total. The van der Waals surface area contributed by atoms with Crippen LogP contribution in [0.15, 0.2) is 17.4 Å². The van der Waals surface area contributed by atoms with E-state index >= 15 is 0 Å². The third-order valence-corrected chi connectivity index (χ3v) is 5.25. The van der Waals surface area contributed by atoms with Crippen LogP contribution in [-0.4, -0.2) is 74.0 Å². The van der Waals surface area contributed by atoms with Crippen molar-refractivity contribution in [1.29, 1.82) is 0 Å². The Bertz CT molecular complexity index is 758. The molecule has 0 spiro atoms. The molecule has 4 rings (SSSR count). The average Bonchev–Trinajstić information content (AvgIpc) is 2.64. The lowest BCUT2D eigenvalue weighted by Gasteiger charge is -2.42. The van der Waals surface area contributed by atoms with E-state index in [2.05, 4.69) is 28.4 Å². The predicted octanol–water partition coefficient (Wildman–Crippen LogP) is 1.26. The average molecular weight is 330 g/mol. The van der Waals surface area contributed by atoms with Gasteiger partial charge in [-0.15, -0.1) is 0 Å². The zero-order chi connectivity index (χ0) is 17.2. The van der Waals surface area contributed by atoms with E-state index in [4.69, 9.17) is 4.99 Å². The van der Waals surface area contributed by atoms with Gasteiger partial charge in [-0.2, -0.15) is 0 Å². The van der Waals surface area contributed by atoms with E-state index in [1.807, 2.05) is 23.9 Å². The molecule has 0 N–H and O–H groups in total. The van der Waals surface area contributed by atoms with E-state index in [1.54, 1.807) is 6.92 Å². The van der Waals surface area contributed by atoms with Crippen LogP contribution in [0.25, 0.3) is 0 Å². The van der Waals surface area contributed by atoms with Crippen molar-refractivity contribution in [3.05, 3.63) is 29.5 Å². The van der Waals surface area contributed by atoms with E-state index in [0.29, 0.717) is 17.2 Å². The number of anilines is 2. The molecule has 1 saturated heterocycles. The summed E-state index contributed by atoms with van der Waals surface area (Å²) in [4.78, 5) is 17.7. The molecule has 0 amide bonds. The highest BCUT2D eigenvalue weighted by Crippen LogP contribution is 2.40. The summed E-state index contributed by atoms with van der Waals surface area (Å²) in [5, 5.41) is 0. The molecule has 24 heavy (non-hydrogen) atoms. The second-order valence-electron chi connectivity index (χ2n) is 6.96. The summed E-state index contributed by atoms with van der Waals surface area (Å²) in [6.45, 7) is 9.30. The van der Waals surface area contributed by atoms with Crippen molar-refractivity contribution >= 4 is 17.3 Å². The summed E-state index contributed by atoms with van der Waals surface area (Å²) in [6, 6.07) is 0.267. The highest BCUT2D eigenvalue weighted by molar-refractivity contribution is 6.10. The van der Waals surface area contributed by atoms with Gasteiger partial charge in [0.25, 0.3) is 0 Å². The molecule has 0 aromatic carbocycles. The second kappa shape index (κ2) is 5.17. The summed E-state index contributed by atoms with van der Waals surface area (Å²) >= 11 is 0. The Hall–Kier alpha value is -2.15. The van der Waals surface area contributed by atoms with Crippen LogP contribution in [-0.2, 0) is 0 Å². The molecule has 3 aliphatic rings. The first kappa shape index (κ1) is 15.4. The van der Waals surface area contributed by atoms with E-state index in [9.17, 15) is 4.39 Å². The molecule has 1 aromatic heterocycles. The highest BCUT2D eigenvalue weighted by atomic mass is 19.1. The van der Waals surface area contributed by atoms with E-state index in [0.717, 1.165) is 43.4 Å². The van der Waals surface area contributed by atoms with Crippen LogP contribution >= 0.6 is 0 Å². The Morgan fingerprint density at radius 3 is 2.67 bits per heavy atom. The number of rotatable bonds is 0. The van der Waals surface area contributed by atoms with Gasteiger partial charge >= 0.3 is 0 Å². The van der Waals surface area contributed by atoms with Crippen molar-refractivity contribution in [3.63, 3.8) is 0 Å². The number of halogens is 1. The number of fused-ring (bicyclic) bond motifs is 2. The first-order valence-electron chi connectivity index (χ1n) is 8.26. The van der Waals surface area contributed by atoms with Crippen molar-refractivity contribution in [1.82, 2.24) is 14.8 Å². The normalized spacial score (nSPS) is 23.7. The molecule has 4 heterocycles. The minimum atomic E-state index is -0.252. The maximum absolute atomic E-state index is 15.0. The quantitative estimate of drug-likeness (QED) is 0.716. The second-order valence-corrected chi connectivity index (χ2v) is 6.96. The zero-order valence-corrected chi connectivity index (χ0v) is 14.7. The molecule has 0 aliphatic carbocycles. The van der Waals surface area contributed by atoms with Gasteiger partial charge in [-0.1, -0.05) is 6.58 Å². The first-order valence-corrected chi connectivity index (χ1v) is 8.26. The summed E-state index contributed by atoms with van der Waals surface area (Å²) in [6.07, 6.45) is 0. The molecule has 7 heteroatoms. The Kier molecular flexibility index (Phi) is 3.32. The van der Waals surface area contributed by atoms with Crippen LogP contribution in [0, 0.1) is 12.7 Å².